The largest absolute Gasteiger partial charge is 0.472 e. The monoisotopic (exact) mass is 277 g/mol. The van der Waals surface area contributed by atoms with Gasteiger partial charge in [-0.25, -0.2) is 0 Å². The molecule has 6 heteroatoms. The minimum Gasteiger partial charge on any atom is -0.472 e. The third kappa shape index (κ3) is 5.24. The van der Waals surface area contributed by atoms with Crippen molar-refractivity contribution in [2.45, 2.75) is 50.6 Å². The highest BCUT2D eigenvalue weighted by molar-refractivity contribution is 5.04. The van der Waals surface area contributed by atoms with Gasteiger partial charge in [0.25, 0.3) is 0 Å². The standard InChI is InChI=1S/C13H18F3NO2/c14-13(15,16)9-19-12-3-1-2-11(6-12)17-7-10-4-5-18-8-10/h4-5,8,11-12,17H,1-3,6-7,9H2. The number of nitrogens with one attached hydrogen (secondary N) is 1. The molecule has 3 nitrogen and oxygen atoms in total. The fraction of sp³-hybridized carbons (Fsp3) is 0.692. The molecule has 1 heterocycles. The zero-order valence-corrected chi connectivity index (χ0v) is 10.6. The van der Waals surface area contributed by atoms with E-state index < -0.39 is 12.8 Å². The third-order valence-corrected chi connectivity index (χ3v) is 3.28. The first kappa shape index (κ1) is 14.4. The zero-order chi connectivity index (χ0) is 13.7. The third-order valence-electron chi connectivity index (χ3n) is 3.28. The molecule has 1 N–H and O–H groups in total. The lowest BCUT2D eigenvalue weighted by molar-refractivity contribution is -0.188. The van der Waals surface area contributed by atoms with Crippen LogP contribution in [0.3, 0.4) is 0 Å². The van der Waals surface area contributed by atoms with Crippen molar-refractivity contribution >= 4 is 0 Å². The molecule has 1 aliphatic rings. The molecule has 0 saturated heterocycles. The Kier molecular flexibility index (Phi) is 4.87. The molecular formula is C13H18F3NO2. The number of hydrogen-bond donors (Lipinski definition) is 1. The van der Waals surface area contributed by atoms with Gasteiger partial charge in [0.2, 0.25) is 0 Å². The van der Waals surface area contributed by atoms with Crippen molar-refractivity contribution in [3.8, 4) is 0 Å². The van der Waals surface area contributed by atoms with E-state index in [0.29, 0.717) is 19.4 Å². The molecule has 2 atom stereocenters. The van der Waals surface area contributed by atoms with E-state index >= 15 is 0 Å². The van der Waals surface area contributed by atoms with Crippen LogP contribution in [-0.2, 0) is 11.3 Å². The van der Waals surface area contributed by atoms with Gasteiger partial charge in [-0.1, -0.05) is 0 Å². The summed E-state index contributed by atoms with van der Waals surface area (Å²) in [6, 6.07) is 2.08. The molecule has 108 valence electrons. The van der Waals surface area contributed by atoms with Crippen LogP contribution in [0.2, 0.25) is 0 Å². The summed E-state index contributed by atoms with van der Waals surface area (Å²) in [6.45, 7) is -0.473. The topological polar surface area (TPSA) is 34.4 Å². The molecule has 0 radical (unpaired) electrons. The molecule has 2 rings (SSSR count). The molecule has 0 amide bonds. The van der Waals surface area contributed by atoms with Crippen LogP contribution in [0.4, 0.5) is 13.2 Å². The highest BCUT2D eigenvalue weighted by Gasteiger charge is 2.31. The summed E-state index contributed by atoms with van der Waals surface area (Å²) in [6.07, 6.45) is 1.94. The lowest BCUT2D eigenvalue weighted by Crippen LogP contribution is -2.37. The van der Waals surface area contributed by atoms with Gasteiger partial charge in [-0.3, -0.25) is 0 Å². The fourth-order valence-electron chi connectivity index (χ4n) is 2.35. The summed E-state index contributed by atoms with van der Waals surface area (Å²) in [5.41, 5.74) is 1.04. The first-order valence-electron chi connectivity index (χ1n) is 6.46. The normalized spacial score (nSPS) is 24.6. The van der Waals surface area contributed by atoms with Crippen molar-refractivity contribution in [3.05, 3.63) is 24.2 Å². The van der Waals surface area contributed by atoms with Gasteiger partial charge >= 0.3 is 6.18 Å². The van der Waals surface area contributed by atoms with Crippen LogP contribution in [-0.4, -0.2) is 24.9 Å². The Morgan fingerprint density at radius 3 is 2.89 bits per heavy atom. The molecular weight excluding hydrogens is 259 g/mol. The van der Waals surface area contributed by atoms with Crippen molar-refractivity contribution in [1.29, 1.82) is 0 Å². The summed E-state index contributed by atoms with van der Waals surface area (Å²) < 4.78 is 46.2. The highest BCUT2D eigenvalue weighted by atomic mass is 19.4. The maximum Gasteiger partial charge on any atom is 0.411 e. The molecule has 19 heavy (non-hydrogen) atoms. The molecule has 2 unspecified atom stereocenters. The van der Waals surface area contributed by atoms with E-state index in [2.05, 4.69) is 5.32 Å². The van der Waals surface area contributed by atoms with E-state index in [4.69, 9.17) is 9.15 Å². The highest BCUT2D eigenvalue weighted by Crippen LogP contribution is 2.24. The number of ether oxygens (including phenoxy) is 1. The van der Waals surface area contributed by atoms with Crippen LogP contribution in [0.15, 0.2) is 23.0 Å². The molecule has 0 bridgehead atoms. The van der Waals surface area contributed by atoms with Gasteiger partial charge in [-0.05, 0) is 31.7 Å². The van der Waals surface area contributed by atoms with Crippen LogP contribution < -0.4 is 5.32 Å². The second kappa shape index (κ2) is 6.43. The smallest absolute Gasteiger partial charge is 0.411 e. The Labute approximate surface area is 110 Å². The van der Waals surface area contributed by atoms with Gasteiger partial charge in [0.15, 0.2) is 0 Å². The number of rotatable bonds is 5. The van der Waals surface area contributed by atoms with Gasteiger partial charge in [-0.2, -0.15) is 13.2 Å². The van der Waals surface area contributed by atoms with E-state index in [1.165, 1.54) is 0 Å². The molecule has 1 aromatic heterocycles. The van der Waals surface area contributed by atoms with Gasteiger partial charge in [0, 0.05) is 18.2 Å². The minimum absolute atomic E-state index is 0.210. The number of alkyl halides is 3. The van der Waals surface area contributed by atoms with E-state index in [-0.39, 0.29) is 12.1 Å². The number of halogens is 3. The van der Waals surface area contributed by atoms with E-state index in [9.17, 15) is 13.2 Å². The number of furan rings is 1. The summed E-state index contributed by atoms with van der Waals surface area (Å²) in [4.78, 5) is 0. The Morgan fingerprint density at radius 1 is 1.37 bits per heavy atom. The lowest BCUT2D eigenvalue weighted by atomic mass is 9.92. The second-order valence-corrected chi connectivity index (χ2v) is 4.92. The molecule has 1 fully saturated rings. The second-order valence-electron chi connectivity index (χ2n) is 4.92. The van der Waals surface area contributed by atoms with Crippen LogP contribution >= 0.6 is 0 Å². The molecule has 1 aliphatic carbocycles. The van der Waals surface area contributed by atoms with E-state index in [1.54, 1.807) is 12.5 Å². The Hall–Kier alpha value is -1.01. The van der Waals surface area contributed by atoms with Crippen molar-refractivity contribution in [2.24, 2.45) is 0 Å². The predicted octanol–water partition coefficient (Wildman–Crippen LogP) is 3.26. The molecule has 1 saturated carbocycles. The summed E-state index contributed by atoms with van der Waals surface area (Å²) in [7, 11) is 0. The summed E-state index contributed by atoms with van der Waals surface area (Å²) in [5, 5.41) is 3.33. The average molecular weight is 277 g/mol. The Morgan fingerprint density at radius 2 is 2.21 bits per heavy atom. The molecule has 1 aromatic rings. The van der Waals surface area contributed by atoms with E-state index in [0.717, 1.165) is 18.4 Å². The first-order valence-corrected chi connectivity index (χ1v) is 6.46. The van der Waals surface area contributed by atoms with Crippen LogP contribution in [0.25, 0.3) is 0 Å². The van der Waals surface area contributed by atoms with Crippen molar-refractivity contribution < 1.29 is 22.3 Å². The van der Waals surface area contributed by atoms with Crippen LogP contribution in [0, 0.1) is 0 Å². The summed E-state index contributed by atoms with van der Waals surface area (Å²) >= 11 is 0. The van der Waals surface area contributed by atoms with Gasteiger partial charge in [0.1, 0.15) is 6.61 Å². The van der Waals surface area contributed by atoms with Crippen molar-refractivity contribution in [1.82, 2.24) is 5.32 Å². The molecule has 0 aliphatic heterocycles. The minimum atomic E-state index is -4.24. The zero-order valence-electron chi connectivity index (χ0n) is 10.6. The molecule has 0 aromatic carbocycles. The summed E-state index contributed by atoms with van der Waals surface area (Å²) in [5.74, 6) is 0. The maximum atomic E-state index is 12.1. The fourth-order valence-corrected chi connectivity index (χ4v) is 2.35. The van der Waals surface area contributed by atoms with Gasteiger partial charge in [-0.15, -0.1) is 0 Å². The quantitative estimate of drug-likeness (QED) is 0.897. The SMILES string of the molecule is FC(F)(F)COC1CCCC(NCc2ccoc2)C1. The Bertz CT molecular complexity index is 364. The van der Waals surface area contributed by atoms with Crippen LogP contribution in [0.5, 0.6) is 0 Å². The lowest BCUT2D eigenvalue weighted by Gasteiger charge is -2.30. The van der Waals surface area contributed by atoms with Crippen molar-refractivity contribution in [3.63, 3.8) is 0 Å². The predicted molar refractivity (Wildman–Crippen MR) is 63.6 cm³/mol. The van der Waals surface area contributed by atoms with E-state index in [1.807, 2.05) is 6.07 Å². The maximum absolute atomic E-state index is 12.1. The van der Waals surface area contributed by atoms with Crippen molar-refractivity contribution in [2.75, 3.05) is 6.61 Å². The number of hydrogen-bond acceptors (Lipinski definition) is 3. The van der Waals surface area contributed by atoms with Crippen LogP contribution in [0.1, 0.15) is 31.2 Å². The van der Waals surface area contributed by atoms with Gasteiger partial charge < -0.3 is 14.5 Å². The average Bonchev–Trinajstić information content (AvgIpc) is 2.87. The molecule has 0 spiro atoms. The van der Waals surface area contributed by atoms with Gasteiger partial charge in [0.05, 0.1) is 18.6 Å². The first-order chi connectivity index (χ1) is 9.03. The Balaban J connectivity index is 1.71.